The Morgan fingerprint density at radius 3 is 2.51 bits per heavy atom. The second-order valence-electron chi connectivity index (χ2n) is 7.88. The maximum atomic E-state index is 12.8. The van der Waals surface area contributed by atoms with E-state index in [4.69, 9.17) is 9.47 Å². The van der Waals surface area contributed by atoms with Gasteiger partial charge in [-0.05, 0) is 61.5 Å². The SMILES string of the molecule is COc1ccc(NS(=O)(=O)c2cccc(NC(=O)CCN3C(=O)C(C)Oc4ccccc43)c2)cc1. The molecule has 3 aromatic rings. The zero-order valence-electron chi connectivity index (χ0n) is 19.2. The van der Waals surface area contributed by atoms with Crippen LogP contribution in [0.5, 0.6) is 11.5 Å². The number of anilines is 3. The van der Waals surface area contributed by atoms with E-state index >= 15 is 0 Å². The molecule has 3 aromatic carbocycles. The van der Waals surface area contributed by atoms with Crippen LogP contribution in [-0.2, 0) is 19.6 Å². The molecule has 0 fully saturated rings. The zero-order valence-corrected chi connectivity index (χ0v) is 20.0. The van der Waals surface area contributed by atoms with E-state index in [1.807, 2.05) is 6.07 Å². The van der Waals surface area contributed by atoms with Crippen LogP contribution in [0.3, 0.4) is 0 Å². The maximum absolute atomic E-state index is 12.8. The number of hydrogen-bond acceptors (Lipinski definition) is 6. The molecule has 182 valence electrons. The summed E-state index contributed by atoms with van der Waals surface area (Å²) in [5, 5.41) is 2.71. The van der Waals surface area contributed by atoms with Gasteiger partial charge in [-0.25, -0.2) is 8.42 Å². The Bertz CT molecular complexity index is 1340. The van der Waals surface area contributed by atoms with Crippen molar-refractivity contribution in [3.05, 3.63) is 72.8 Å². The largest absolute Gasteiger partial charge is 0.497 e. The van der Waals surface area contributed by atoms with Crippen molar-refractivity contribution in [3.8, 4) is 11.5 Å². The monoisotopic (exact) mass is 495 g/mol. The predicted octanol–water partition coefficient (Wildman–Crippen LogP) is 3.64. The van der Waals surface area contributed by atoms with Crippen molar-refractivity contribution in [1.29, 1.82) is 0 Å². The second kappa shape index (κ2) is 10.1. The van der Waals surface area contributed by atoms with Gasteiger partial charge >= 0.3 is 0 Å². The molecule has 0 aliphatic carbocycles. The standard InChI is InChI=1S/C25H25N3O6S/c1-17-25(30)28(22-8-3-4-9-23(22)34-17)15-14-24(29)26-19-6-5-7-21(16-19)35(31,32)27-18-10-12-20(33-2)13-11-18/h3-13,16-17,27H,14-15H2,1-2H3,(H,26,29). The second-order valence-corrected chi connectivity index (χ2v) is 9.56. The van der Waals surface area contributed by atoms with Gasteiger partial charge in [-0.3, -0.25) is 14.3 Å². The van der Waals surface area contributed by atoms with Crippen LogP contribution in [0, 0.1) is 0 Å². The van der Waals surface area contributed by atoms with Crippen LogP contribution in [-0.4, -0.2) is 40.0 Å². The van der Waals surface area contributed by atoms with Gasteiger partial charge in [-0.1, -0.05) is 18.2 Å². The van der Waals surface area contributed by atoms with Crippen LogP contribution in [0.1, 0.15) is 13.3 Å². The van der Waals surface area contributed by atoms with E-state index in [1.165, 1.54) is 24.1 Å². The first-order valence-electron chi connectivity index (χ1n) is 10.9. The van der Waals surface area contributed by atoms with Crippen molar-refractivity contribution in [2.45, 2.75) is 24.3 Å². The first kappa shape index (κ1) is 24.1. The third-order valence-corrected chi connectivity index (χ3v) is 6.79. The van der Waals surface area contributed by atoms with E-state index in [1.54, 1.807) is 61.5 Å². The molecule has 1 heterocycles. The van der Waals surface area contributed by atoms with E-state index in [9.17, 15) is 18.0 Å². The molecule has 1 aliphatic heterocycles. The lowest BCUT2D eigenvalue weighted by atomic mass is 10.1. The minimum absolute atomic E-state index is 0.00257. The molecule has 0 bridgehead atoms. The minimum atomic E-state index is -3.88. The van der Waals surface area contributed by atoms with Gasteiger partial charge < -0.3 is 19.7 Å². The highest BCUT2D eigenvalue weighted by Gasteiger charge is 2.31. The highest BCUT2D eigenvalue weighted by molar-refractivity contribution is 7.92. The number of carbonyl (C=O) groups excluding carboxylic acids is 2. The smallest absolute Gasteiger partial charge is 0.267 e. The molecule has 4 rings (SSSR count). The summed E-state index contributed by atoms with van der Waals surface area (Å²) in [5.41, 5.74) is 1.32. The minimum Gasteiger partial charge on any atom is -0.497 e. The summed E-state index contributed by atoms with van der Waals surface area (Å²) in [6.07, 6.45) is -0.624. The number of sulfonamides is 1. The van der Waals surface area contributed by atoms with Crippen molar-refractivity contribution in [2.24, 2.45) is 0 Å². The van der Waals surface area contributed by atoms with Crippen LogP contribution >= 0.6 is 0 Å². The molecule has 0 saturated heterocycles. The van der Waals surface area contributed by atoms with E-state index in [0.717, 1.165) is 0 Å². The summed E-state index contributed by atoms with van der Waals surface area (Å²) in [4.78, 5) is 26.7. The lowest BCUT2D eigenvalue weighted by Gasteiger charge is -2.32. The summed E-state index contributed by atoms with van der Waals surface area (Å²) in [6, 6.07) is 19.6. The Balaban J connectivity index is 1.41. The maximum Gasteiger partial charge on any atom is 0.267 e. The summed E-state index contributed by atoms with van der Waals surface area (Å²) in [6.45, 7) is 1.82. The van der Waals surface area contributed by atoms with Crippen LogP contribution < -0.4 is 24.4 Å². The lowest BCUT2D eigenvalue weighted by molar-refractivity contribution is -0.125. The molecule has 9 nitrogen and oxygen atoms in total. The lowest BCUT2D eigenvalue weighted by Crippen LogP contribution is -2.45. The molecule has 1 aliphatic rings. The van der Waals surface area contributed by atoms with Gasteiger partial charge in [0.05, 0.1) is 17.7 Å². The molecule has 10 heteroatoms. The van der Waals surface area contributed by atoms with Crippen LogP contribution in [0.4, 0.5) is 17.1 Å². The van der Waals surface area contributed by atoms with Crippen molar-refractivity contribution in [2.75, 3.05) is 28.6 Å². The van der Waals surface area contributed by atoms with Gasteiger partial charge in [0.25, 0.3) is 15.9 Å². The van der Waals surface area contributed by atoms with E-state index < -0.39 is 16.1 Å². The van der Waals surface area contributed by atoms with Crippen molar-refractivity contribution in [1.82, 2.24) is 0 Å². The predicted molar refractivity (Wildman–Crippen MR) is 132 cm³/mol. The van der Waals surface area contributed by atoms with Crippen LogP contribution in [0.2, 0.25) is 0 Å². The fourth-order valence-corrected chi connectivity index (χ4v) is 4.74. The molecular weight excluding hydrogens is 470 g/mol. The summed E-state index contributed by atoms with van der Waals surface area (Å²) in [5.74, 6) is 0.609. The number of fused-ring (bicyclic) bond motifs is 1. The normalized spacial score (nSPS) is 15.1. The number of hydrogen-bond donors (Lipinski definition) is 2. The molecule has 1 unspecified atom stereocenters. The Morgan fingerprint density at radius 2 is 1.77 bits per heavy atom. The first-order chi connectivity index (χ1) is 16.8. The van der Waals surface area contributed by atoms with Gasteiger partial charge in [0.1, 0.15) is 11.5 Å². The van der Waals surface area contributed by atoms with E-state index in [0.29, 0.717) is 28.6 Å². The Hall–Kier alpha value is -4.05. The molecule has 0 radical (unpaired) electrons. The number of carbonyl (C=O) groups is 2. The molecule has 2 amide bonds. The Labute approximate surface area is 203 Å². The average molecular weight is 496 g/mol. The summed E-state index contributed by atoms with van der Waals surface area (Å²) < 4.78 is 38.8. The van der Waals surface area contributed by atoms with Gasteiger partial charge in [0.15, 0.2) is 6.10 Å². The molecule has 35 heavy (non-hydrogen) atoms. The highest BCUT2D eigenvalue weighted by atomic mass is 32.2. The number of benzene rings is 3. The Morgan fingerprint density at radius 1 is 1.03 bits per heavy atom. The van der Waals surface area contributed by atoms with E-state index in [-0.39, 0.29) is 29.7 Å². The van der Waals surface area contributed by atoms with Crippen molar-refractivity contribution in [3.63, 3.8) is 0 Å². The number of ether oxygens (including phenoxy) is 2. The third-order valence-electron chi connectivity index (χ3n) is 5.41. The summed E-state index contributed by atoms with van der Waals surface area (Å²) in [7, 11) is -2.35. The number of rotatable bonds is 8. The van der Waals surface area contributed by atoms with Crippen LogP contribution in [0.25, 0.3) is 0 Å². The van der Waals surface area contributed by atoms with Gasteiger partial charge in [0.2, 0.25) is 5.91 Å². The quantitative estimate of drug-likeness (QED) is 0.493. The van der Waals surface area contributed by atoms with E-state index in [2.05, 4.69) is 10.0 Å². The van der Waals surface area contributed by atoms with Crippen LogP contribution in [0.15, 0.2) is 77.7 Å². The number of amides is 2. The molecule has 1 atom stereocenters. The fourth-order valence-electron chi connectivity index (χ4n) is 3.64. The molecule has 0 saturated carbocycles. The molecule has 2 N–H and O–H groups in total. The fraction of sp³-hybridized carbons (Fsp3) is 0.200. The molecular formula is C25H25N3O6S. The average Bonchev–Trinajstić information content (AvgIpc) is 2.85. The third kappa shape index (κ3) is 5.55. The number of methoxy groups -OCH3 is 1. The Kier molecular flexibility index (Phi) is 6.92. The number of nitrogens with zero attached hydrogens (tertiary/aromatic N) is 1. The zero-order chi connectivity index (χ0) is 25.0. The summed E-state index contributed by atoms with van der Waals surface area (Å²) >= 11 is 0. The number of para-hydroxylation sites is 2. The van der Waals surface area contributed by atoms with Gasteiger partial charge in [0, 0.05) is 24.3 Å². The van der Waals surface area contributed by atoms with Gasteiger partial charge in [-0.2, -0.15) is 0 Å². The highest BCUT2D eigenvalue weighted by Crippen LogP contribution is 2.33. The molecule has 0 spiro atoms. The van der Waals surface area contributed by atoms with Gasteiger partial charge in [-0.15, -0.1) is 0 Å². The van der Waals surface area contributed by atoms with Crippen molar-refractivity contribution >= 4 is 38.9 Å². The first-order valence-corrected chi connectivity index (χ1v) is 12.4. The topological polar surface area (TPSA) is 114 Å². The molecule has 0 aromatic heterocycles. The number of nitrogens with one attached hydrogen (secondary N) is 2. The van der Waals surface area contributed by atoms with Crippen molar-refractivity contribution < 1.29 is 27.5 Å².